The van der Waals surface area contributed by atoms with Crippen molar-refractivity contribution in [3.05, 3.63) is 30.6 Å². The van der Waals surface area contributed by atoms with Gasteiger partial charge in [-0.2, -0.15) is 8.42 Å². The van der Waals surface area contributed by atoms with Crippen LogP contribution in [0.4, 0.5) is 0 Å². The van der Waals surface area contributed by atoms with Crippen molar-refractivity contribution < 1.29 is 17.5 Å². The summed E-state index contributed by atoms with van der Waals surface area (Å²) in [7, 11) is -3.67. The lowest BCUT2D eigenvalue weighted by Gasteiger charge is -1.97. The highest BCUT2D eigenvalue weighted by Gasteiger charge is 1.96. The summed E-state index contributed by atoms with van der Waals surface area (Å²) in [6, 6.07) is 6.24. The number of aryl methyl sites for hydroxylation is 1. The Balaban J connectivity index is 0.000000494. The van der Waals surface area contributed by atoms with Crippen molar-refractivity contribution in [3.63, 3.8) is 0 Å². The predicted octanol–water partition coefficient (Wildman–Crippen LogP) is 2.45. The molecule has 0 aromatic carbocycles. The highest BCUT2D eigenvalue weighted by molar-refractivity contribution is 7.85. The molecule has 1 N–H and O–H groups in total. The fourth-order valence-electron chi connectivity index (χ4n) is 1.48. The van der Waals surface area contributed by atoms with E-state index in [-0.39, 0.29) is 0 Å². The maximum absolute atomic E-state index is 9.19. The fraction of sp³-hybridized carbons (Fsp3) is 0.615. The van der Waals surface area contributed by atoms with Gasteiger partial charge in [-0.05, 0) is 6.42 Å². The number of hydrogen-bond donors (Lipinski definition) is 1. The van der Waals surface area contributed by atoms with E-state index in [4.69, 9.17) is 4.55 Å². The molecule has 1 aromatic heterocycles. The van der Waals surface area contributed by atoms with Gasteiger partial charge in [0, 0.05) is 18.6 Å². The highest BCUT2D eigenvalue weighted by Crippen LogP contribution is 2.01. The molecule has 0 aliphatic heterocycles. The lowest BCUT2D eigenvalue weighted by Crippen LogP contribution is -2.32. The average Bonchev–Trinajstić information content (AvgIpc) is 2.28. The number of nitrogens with zero attached hydrogens (tertiary/aromatic N) is 1. The summed E-state index contributed by atoms with van der Waals surface area (Å²) in [5.74, 6) is 0. The lowest BCUT2D eigenvalue weighted by molar-refractivity contribution is -0.697. The molecule has 0 atom stereocenters. The standard InChI is InChI=1S/C12H20N.CH4O3S/c1-2-3-4-5-7-10-13-11-8-6-9-12-13;1-5(2,3)4/h6,8-9,11-12H,2-5,7,10H2,1H3;1H3,(H,2,3,4)/q+1;. The van der Waals surface area contributed by atoms with Crippen LogP contribution in [-0.2, 0) is 16.7 Å². The second-order valence-corrected chi connectivity index (χ2v) is 5.73. The van der Waals surface area contributed by atoms with E-state index in [0.29, 0.717) is 6.26 Å². The molecule has 0 unspecified atom stereocenters. The van der Waals surface area contributed by atoms with Crippen LogP contribution in [-0.4, -0.2) is 19.2 Å². The Morgan fingerprint density at radius 3 is 2.00 bits per heavy atom. The third-order valence-electron chi connectivity index (χ3n) is 2.30. The summed E-state index contributed by atoms with van der Waals surface area (Å²) in [6.45, 7) is 3.43. The molecule has 0 spiro atoms. The second kappa shape index (κ2) is 10.0. The van der Waals surface area contributed by atoms with E-state index in [1.807, 2.05) is 0 Å². The molecular formula is C13H24NO3S+. The van der Waals surface area contributed by atoms with Crippen LogP contribution in [0.1, 0.15) is 39.0 Å². The minimum absolute atomic E-state index is 0.715. The van der Waals surface area contributed by atoms with Crippen LogP contribution in [0.2, 0.25) is 0 Å². The maximum Gasteiger partial charge on any atom is 0.261 e. The molecular weight excluding hydrogens is 250 g/mol. The van der Waals surface area contributed by atoms with Crippen LogP contribution < -0.4 is 4.57 Å². The molecule has 1 heterocycles. The molecule has 1 aromatic rings. The molecule has 1 rings (SSSR count). The molecule has 0 saturated heterocycles. The van der Waals surface area contributed by atoms with Crippen molar-refractivity contribution >= 4 is 10.1 Å². The molecule has 0 fully saturated rings. The molecule has 18 heavy (non-hydrogen) atoms. The van der Waals surface area contributed by atoms with Crippen molar-refractivity contribution in [3.8, 4) is 0 Å². The molecule has 5 heteroatoms. The zero-order valence-electron chi connectivity index (χ0n) is 11.2. The fourth-order valence-corrected chi connectivity index (χ4v) is 1.48. The van der Waals surface area contributed by atoms with E-state index in [1.54, 1.807) is 0 Å². The number of hydrogen-bond acceptors (Lipinski definition) is 2. The first-order valence-corrected chi connectivity index (χ1v) is 8.15. The Morgan fingerprint density at radius 2 is 1.50 bits per heavy atom. The van der Waals surface area contributed by atoms with Crippen molar-refractivity contribution in [2.24, 2.45) is 0 Å². The van der Waals surface area contributed by atoms with Crippen LogP contribution in [0.5, 0.6) is 0 Å². The quantitative estimate of drug-likeness (QED) is 0.492. The highest BCUT2D eigenvalue weighted by atomic mass is 32.2. The van der Waals surface area contributed by atoms with E-state index in [2.05, 4.69) is 42.1 Å². The third-order valence-corrected chi connectivity index (χ3v) is 2.30. The second-order valence-electron chi connectivity index (χ2n) is 4.26. The Hall–Kier alpha value is -0.940. The zero-order chi connectivity index (χ0) is 13.9. The first kappa shape index (κ1) is 17.1. The lowest BCUT2D eigenvalue weighted by atomic mass is 10.1. The van der Waals surface area contributed by atoms with Crippen LogP contribution in [0.25, 0.3) is 0 Å². The minimum atomic E-state index is -3.67. The molecule has 0 aliphatic carbocycles. The Bertz CT molecular complexity index is 382. The summed E-state index contributed by atoms with van der Waals surface area (Å²) in [6.07, 6.45) is 11.8. The largest absolute Gasteiger partial charge is 0.286 e. The van der Waals surface area contributed by atoms with Gasteiger partial charge in [-0.1, -0.05) is 32.3 Å². The normalized spacial score (nSPS) is 10.6. The average molecular weight is 274 g/mol. The Labute approximate surface area is 110 Å². The van der Waals surface area contributed by atoms with Gasteiger partial charge in [0.1, 0.15) is 6.54 Å². The number of aromatic nitrogens is 1. The van der Waals surface area contributed by atoms with Crippen molar-refractivity contribution in [1.29, 1.82) is 0 Å². The van der Waals surface area contributed by atoms with Gasteiger partial charge in [0.15, 0.2) is 12.4 Å². The van der Waals surface area contributed by atoms with Crippen LogP contribution >= 0.6 is 0 Å². The van der Waals surface area contributed by atoms with Gasteiger partial charge in [-0.15, -0.1) is 0 Å². The predicted molar refractivity (Wildman–Crippen MR) is 72.9 cm³/mol. The summed E-state index contributed by atoms with van der Waals surface area (Å²) in [5, 5.41) is 0. The zero-order valence-corrected chi connectivity index (χ0v) is 12.1. The van der Waals surface area contributed by atoms with E-state index in [0.717, 1.165) is 0 Å². The first-order valence-electron chi connectivity index (χ1n) is 6.30. The maximum atomic E-state index is 9.19. The van der Waals surface area contributed by atoms with Gasteiger partial charge in [-0.3, -0.25) is 4.55 Å². The van der Waals surface area contributed by atoms with Crippen LogP contribution in [0.3, 0.4) is 0 Å². The number of pyridine rings is 1. The summed E-state index contributed by atoms with van der Waals surface area (Å²) >= 11 is 0. The Morgan fingerprint density at radius 1 is 1.00 bits per heavy atom. The third kappa shape index (κ3) is 15.1. The molecule has 4 nitrogen and oxygen atoms in total. The van der Waals surface area contributed by atoms with E-state index < -0.39 is 10.1 Å². The summed E-state index contributed by atoms with van der Waals surface area (Å²) in [4.78, 5) is 0. The summed E-state index contributed by atoms with van der Waals surface area (Å²) < 4.78 is 28.1. The number of rotatable bonds is 6. The smallest absolute Gasteiger partial charge is 0.261 e. The van der Waals surface area contributed by atoms with Gasteiger partial charge in [0.05, 0.1) is 6.26 Å². The van der Waals surface area contributed by atoms with Crippen molar-refractivity contribution in [2.45, 2.75) is 45.6 Å². The van der Waals surface area contributed by atoms with E-state index >= 15 is 0 Å². The molecule has 0 bridgehead atoms. The molecule has 0 radical (unpaired) electrons. The monoisotopic (exact) mass is 274 g/mol. The molecule has 0 amide bonds. The van der Waals surface area contributed by atoms with Gasteiger partial charge in [0.25, 0.3) is 10.1 Å². The topological polar surface area (TPSA) is 58.2 Å². The number of unbranched alkanes of at least 4 members (excludes halogenated alkanes) is 4. The van der Waals surface area contributed by atoms with E-state index in [1.165, 1.54) is 38.6 Å². The first-order chi connectivity index (χ1) is 8.43. The molecule has 0 saturated carbocycles. The van der Waals surface area contributed by atoms with E-state index in [9.17, 15) is 8.42 Å². The minimum Gasteiger partial charge on any atom is -0.286 e. The van der Waals surface area contributed by atoms with Crippen molar-refractivity contribution in [2.75, 3.05) is 6.26 Å². The van der Waals surface area contributed by atoms with Crippen LogP contribution in [0, 0.1) is 0 Å². The Kier molecular flexibility index (Phi) is 9.50. The molecule has 0 aliphatic rings. The SMILES string of the molecule is CCCCCCC[n+]1ccccc1.CS(=O)(=O)O. The molecule has 104 valence electrons. The van der Waals surface area contributed by atoms with Crippen molar-refractivity contribution in [1.82, 2.24) is 0 Å². The van der Waals surface area contributed by atoms with Gasteiger partial charge >= 0.3 is 0 Å². The summed E-state index contributed by atoms with van der Waals surface area (Å²) in [5.41, 5.74) is 0. The van der Waals surface area contributed by atoms with Crippen LogP contribution in [0.15, 0.2) is 30.6 Å². The van der Waals surface area contributed by atoms with Gasteiger partial charge < -0.3 is 0 Å². The van der Waals surface area contributed by atoms with Gasteiger partial charge in [-0.25, -0.2) is 4.57 Å². The van der Waals surface area contributed by atoms with Gasteiger partial charge in [0.2, 0.25) is 0 Å².